The van der Waals surface area contributed by atoms with Crippen molar-refractivity contribution >= 4 is 23.0 Å². The largest absolute Gasteiger partial charge is 0.418 e. The highest BCUT2D eigenvalue weighted by Crippen LogP contribution is 2.41. The molecule has 0 saturated carbocycles. The van der Waals surface area contributed by atoms with E-state index in [1.54, 1.807) is 0 Å². The Morgan fingerprint density at radius 1 is 0.957 bits per heavy atom. The minimum absolute atomic E-state index is 0.0452. The van der Waals surface area contributed by atoms with Gasteiger partial charge in [-0.1, -0.05) is 0 Å². The number of rotatable bonds is 2. The normalized spacial score (nSPS) is 13.0. The molecule has 0 saturated heterocycles. The van der Waals surface area contributed by atoms with Crippen LogP contribution in [0.25, 0.3) is 0 Å². The summed E-state index contributed by atoms with van der Waals surface area (Å²) in [6.07, 6.45) is -9.97. The molecule has 2 aromatic rings. The maximum absolute atomic E-state index is 12.9. The fraction of sp³-hybridized carbons (Fsp3) is 0.182. The standard InChI is InChI=1S/C11H8F6N6/c12-10(13,14)4-1-2-6(5(3-4)11(15,16)17)20-21-7-8(18)22-23-9(7)19/h1-3H,(H5,18,19,22,23). The fourth-order valence-corrected chi connectivity index (χ4v) is 1.60. The van der Waals surface area contributed by atoms with Crippen LogP contribution in [0.2, 0.25) is 0 Å². The Balaban J connectivity index is 2.50. The van der Waals surface area contributed by atoms with E-state index >= 15 is 0 Å². The maximum atomic E-state index is 12.9. The van der Waals surface area contributed by atoms with E-state index in [1.807, 2.05) is 0 Å². The number of azo groups is 1. The molecule has 0 radical (unpaired) electrons. The van der Waals surface area contributed by atoms with Crippen LogP contribution in [0.5, 0.6) is 0 Å². The number of nitrogens with two attached hydrogens (primary N) is 2. The van der Waals surface area contributed by atoms with Crippen molar-refractivity contribution in [1.82, 2.24) is 10.2 Å². The molecule has 1 aromatic heterocycles. The highest BCUT2D eigenvalue weighted by molar-refractivity contribution is 5.70. The number of nitrogens with one attached hydrogen (secondary N) is 1. The number of aromatic amines is 1. The van der Waals surface area contributed by atoms with Gasteiger partial charge in [0.25, 0.3) is 0 Å². The highest BCUT2D eigenvalue weighted by atomic mass is 19.4. The molecule has 0 amide bonds. The summed E-state index contributed by atoms with van der Waals surface area (Å²) in [5.74, 6) is -0.363. The van der Waals surface area contributed by atoms with Crippen LogP contribution in [0.3, 0.4) is 0 Å². The van der Waals surface area contributed by atoms with Crippen LogP contribution < -0.4 is 11.5 Å². The van der Waals surface area contributed by atoms with E-state index in [-0.39, 0.29) is 23.4 Å². The summed E-state index contributed by atoms with van der Waals surface area (Å²) in [5, 5.41) is 12.4. The Labute approximate surface area is 124 Å². The lowest BCUT2D eigenvalue weighted by Gasteiger charge is -2.13. The zero-order valence-corrected chi connectivity index (χ0v) is 11.0. The van der Waals surface area contributed by atoms with Crippen molar-refractivity contribution in [2.45, 2.75) is 12.4 Å². The molecule has 0 aliphatic heterocycles. The Hall–Kier alpha value is -2.79. The molecule has 124 valence electrons. The summed E-state index contributed by atoms with van der Waals surface area (Å²) in [6, 6.07) is 0.976. The second-order valence-electron chi connectivity index (χ2n) is 4.30. The molecule has 0 aliphatic carbocycles. The summed E-state index contributed by atoms with van der Waals surface area (Å²) in [7, 11) is 0. The summed E-state index contributed by atoms with van der Waals surface area (Å²) in [6.45, 7) is 0. The topological polar surface area (TPSA) is 105 Å². The first-order valence-corrected chi connectivity index (χ1v) is 5.79. The summed E-state index contributed by atoms with van der Waals surface area (Å²) in [4.78, 5) is 0. The number of anilines is 2. The van der Waals surface area contributed by atoms with Gasteiger partial charge in [-0.15, -0.1) is 10.2 Å². The molecule has 0 aliphatic rings. The van der Waals surface area contributed by atoms with Gasteiger partial charge in [-0.25, -0.2) is 0 Å². The van der Waals surface area contributed by atoms with E-state index in [9.17, 15) is 26.3 Å². The van der Waals surface area contributed by atoms with Crippen LogP contribution >= 0.6 is 0 Å². The van der Waals surface area contributed by atoms with Crippen molar-refractivity contribution in [3.8, 4) is 0 Å². The number of nitrogens with zero attached hydrogens (tertiary/aromatic N) is 3. The molecular weight excluding hydrogens is 330 g/mol. The molecule has 12 heteroatoms. The number of halogens is 6. The van der Waals surface area contributed by atoms with Crippen LogP contribution in [-0.2, 0) is 12.4 Å². The molecule has 0 atom stereocenters. The quantitative estimate of drug-likeness (QED) is 0.568. The first-order chi connectivity index (χ1) is 10.5. The second kappa shape index (κ2) is 5.44. The van der Waals surface area contributed by atoms with Crippen molar-refractivity contribution in [2.24, 2.45) is 10.2 Å². The van der Waals surface area contributed by atoms with E-state index in [0.717, 1.165) is 0 Å². The van der Waals surface area contributed by atoms with Gasteiger partial charge in [0.1, 0.15) is 5.82 Å². The van der Waals surface area contributed by atoms with Gasteiger partial charge in [0.05, 0.1) is 16.8 Å². The van der Waals surface area contributed by atoms with Crippen molar-refractivity contribution < 1.29 is 26.3 Å². The number of benzene rings is 1. The Kier molecular flexibility index (Phi) is 3.92. The van der Waals surface area contributed by atoms with Gasteiger partial charge < -0.3 is 11.5 Å². The molecule has 0 fully saturated rings. The van der Waals surface area contributed by atoms with Gasteiger partial charge >= 0.3 is 12.4 Å². The lowest BCUT2D eigenvalue weighted by atomic mass is 10.1. The zero-order chi connectivity index (χ0) is 17.4. The van der Waals surface area contributed by atoms with Crippen LogP contribution in [-0.4, -0.2) is 10.2 Å². The number of hydrogen-bond donors (Lipinski definition) is 3. The number of nitrogen functional groups attached to an aromatic ring is 2. The predicted molar refractivity (Wildman–Crippen MR) is 68.0 cm³/mol. The number of alkyl halides is 6. The number of aromatic nitrogens is 2. The molecule has 0 unspecified atom stereocenters. The van der Waals surface area contributed by atoms with Crippen LogP contribution in [0.1, 0.15) is 11.1 Å². The smallest absolute Gasteiger partial charge is 0.382 e. The summed E-state index contributed by atoms with van der Waals surface area (Å²) in [5.41, 5.74) is 6.69. The zero-order valence-electron chi connectivity index (χ0n) is 11.0. The molecule has 23 heavy (non-hydrogen) atoms. The van der Waals surface area contributed by atoms with E-state index in [0.29, 0.717) is 12.1 Å². The van der Waals surface area contributed by atoms with E-state index in [2.05, 4.69) is 20.4 Å². The number of hydrogen-bond acceptors (Lipinski definition) is 5. The lowest BCUT2D eigenvalue weighted by Crippen LogP contribution is -2.10. The second-order valence-corrected chi connectivity index (χ2v) is 4.30. The SMILES string of the molecule is Nc1n[nH]c(N)c1N=Nc1ccc(C(F)(F)F)cc1C(F)(F)F. The van der Waals surface area contributed by atoms with Gasteiger partial charge in [0, 0.05) is 0 Å². The molecule has 6 nitrogen and oxygen atoms in total. The lowest BCUT2D eigenvalue weighted by molar-refractivity contribution is -0.142. The predicted octanol–water partition coefficient (Wildman–Crippen LogP) is 4.03. The third kappa shape index (κ3) is 3.52. The summed E-state index contributed by atoms with van der Waals surface area (Å²) < 4.78 is 76.3. The molecular formula is C11H8F6N6. The van der Waals surface area contributed by atoms with Gasteiger partial charge in [-0.2, -0.15) is 31.4 Å². The van der Waals surface area contributed by atoms with Crippen LogP contribution in [0, 0.1) is 0 Å². The third-order valence-electron chi connectivity index (χ3n) is 2.68. The van der Waals surface area contributed by atoms with Gasteiger partial charge in [-0.05, 0) is 18.2 Å². The minimum Gasteiger partial charge on any atom is -0.382 e. The molecule has 1 aromatic carbocycles. The molecule has 2 rings (SSSR count). The maximum Gasteiger partial charge on any atom is 0.418 e. The van der Waals surface area contributed by atoms with Crippen molar-refractivity contribution in [2.75, 3.05) is 11.5 Å². The van der Waals surface area contributed by atoms with Gasteiger partial charge in [0.2, 0.25) is 0 Å². The van der Waals surface area contributed by atoms with Crippen LogP contribution in [0.4, 0.5) is 49.4 Å². The monoisotopic (exact) mass is 338 g/mol. The molecule has 0 bridgehead atoms. The average Bonchev–Trinajstić information content (AvgIpc) is 2.73. The van der Waals surface area contributed by atoms with Crippen molar-refractivity contribution in [1.29, 1.82) is 0 Å². The van der Waals surface area contributed by atoms with E-state index < -0.39 is 29.2 Å². The first kappa shape index (κ1) is 16.6. The van der Waals surface area contributed by atoms with Crippen LogP contribution in [0.15, 0.2) is 28.4 Å². The Bertz CT molecular complexity index is 725. The van der Waals surface area contributed by atoms with Gasteiger partial charge in [-0.3, -0.25) is 5.10 Å². The van der Waals surface area contributed by atoms with E-state index in [1.165, 1.54) is 0 Å². The average molecular weight is 338 g/mol. The third-order valence-corrected chi connectivity index (χ3v) is 2.68. The number of H-pyrrole nitrogens is 1. The van der Waals surface area contributed by atoms with Crippen molar-refractivity contribution in [3.05, 3.63) is 29.3 Å². The summed E-state index contributed by atoms with van der Waals surface area (Å²) >= 11 is 0. The van der Waals surface area contributed by atoms with Crippen molar-refractivity contribution in [3.63, 3.8) is 0 Å². The Morgan fingerprint density at radius 2 is 1.61 bits per heavy atom. The fourth-order valence-electron chi connectivity index (χ4n) is 1.60. The Morgan fingerprint density at radius 3 is 2.09 bits per heavy atom. The van der Waals surface area contributed by atoms with E-state index in [4.69, 9.17) is 11.5 Å². The molecule has 1 heterocycles. The first-order valence-electron chi connectivity index (χ1n) is 5.79. The van der Waals surface area contributed by atoms with Gasteiger partial charge in [0.15, 0.2) is 11.5 Å². The highest BCUT2D eigenvalue weighted by Gasteiger charge is 2.38. The molecule has 5 N–H and O–H groups in total. The molecule has 0 spiro atoms. The minimum atomic E-state index is -5.05.